The predicted molar refractivity (Wildman–Crippen MR) is 73.0 cm³/mol. The van der Waals surface area contributed by atoms with E-state index >= 15 is 0 Å². The Bertz CT molecular complexity index is 283. The van der Waals surface area contributed by atoms with Crippen LogP contribution in [0, 0.1) is 0 Å². The summed E-state index contributed by atoms with van der Waals surface area (Å²) in [5.41, 5.74) is 0. The molecule has 20 heavy (non-hydrogen) atoms. The van der Waals surface area contributed by atoms with Crippen LogP contribution in [-0.2, 0) is 9.47 Å². The van der Waals surface area contributed by atoms with Crippen LogP contribution in [0.4, 0.5) is 0 Å². The first-order chi connectivity index (χ1) is 9.54. The number of hydrogen-bond donors (Lipinski definition) is 4. The molecule has 0 aromatic heterocycles. The second kappa shape index (κ2) is 8.71. The summed E-state index contributed by atoms with van der Waals surface area (Å²) in [5, 5.41) is 38.3. The molecule has 0 aromatic rings. The zero-order valence-electron chi connectivity index (χ0n) is 11.9. The van der Waals surface area contributed by atoms with Gasteiger partial charge in [-0.3, -0.25) is 0 Å². The fraction of sp³-hybridized carbons (Fsp3) is 0.857. The smallest absolute Gasteiger partial charge is 0.187 e. The second-order valence-corrected chi connectivity index (χ2v) is 5.10. The van der Waals surface area contributed by atoms with E-state index in [0.717, 1.165) is 25.7 Å². The van der Waals surface area contributed by atoms with Gasteiger partial charge in [-0.1, -0.05) is 32.3 Å². The van der Waals surface area contributed by atoms with Crippen LogP contribution in [0.25, 0.3) is 0 Å². The molecule has 0 aliphatic carbocycles. The summed E-state index contributed by atoms with van der Waals surface area (Å²) < 4.78 is 10.9. The first-order valence-electron chi connectivity index (χ1n) is 7.13. The lowest BCUT2D eigenvalue weighted by molar-refractivity contribution is -0.307. The lowest BCUT2D eigenvalue weighted by Gasteiger charge is -2.40. The molecule has 1 fully saturated rings. The van der Waals surface area contributed by atoms with Gasteiger partial charge in [-0.2, -0.15) is 0 Å². The molecule has 0 unspecified atom stereocenters. The Labute approximate surface area is 119 Å². The maximum absolute atomic E-state index is 9.86. The highest BCUT2D eigenvalue weighted by Gasteiger charge is 2.44. The average molecular weight is 290 g/mol. The Balaban J connectivity index is 2.57. The third kappa shape index (κ3) is 4.51. The molecule has 0 amide bonds. The van der Waals surface area contributed by atoms with Crippen LogP contribution < -0.4 is 0 Å². The zero-order valence-corrected chi connectivity index (χ0v) is 11.9. The SMILES string of the molecule is C=C[C@@H](CCCCC)O[C@@H]1O[C@@H](CO)[C@@H](O)[C@H](O)[C@@H]1O. The minimum Gasteiger partial charge on any atom is -0.394 e. The Morgan fingerprint density at radius 1 is 1.20 bits per heavy atom. The normalized spacial score (nSPS) is 35.8. The van der Waals surface area contributed by atoms with Crippen molar-refractivity contribution in [3.63, 3.8) is 0 Å². The van der Waals surface area contributed by atoms with E-state index in [2.05, 4.69) is 13.5 Å². The van der Waals surface area contributed by atoms with Crippen LogP contribution in [0.5, 0.6) is 0 Å². The van der Waals surface area contributed by atoms with E-state index in [4.69, 9.17) is 14.6 Å². The summed E-state index contributed by atoms with van der Waals surface area (Å²) in [6.07, 6.45) is -0.983. The first kappa shape index (κ1) is 17.6. The molecule has 1 heterocycles. The number of unbranched alkanes of at least 4 members (excludes halogenated alkanes) is 2. The van der Waals surface area contributed by atoms with Crippen molar-refractivity contribution < 1.29 is 29.9 Å². The summed E-state index contributed by atoms with van der Waals surface area (Å²) in [7, 11) is 0. The molecule has 1 aliphatic rings. The van der Waals surface area contributed by atoms with Crippen molar-refractivity contribution in [2.24, 2.45) is 0 Å². The summed E-state index contributed by atoms with van der Waals surface area (Å²) in [5.74, 6) is 0. The van der Waals surface area contributed by atoms with Gasteiger partial charge >= 0.3 is 0 Å². The molecule has 1 aliphatic heterocycles. The maximum Gasteiger partial charge on any atom is 0.187 e. The summed E-state index contributed by atoms with van der Waals surface area (Å²) in [6.45, 7) is 5.32. The maximum atomic E-state index is 9.86. The van der Waals surface area contributed by atoms with E-state index in [1.165, 1.54) is 0 Å². The number of hydrogen-bond acceptors (Lipinski definition) is 6. The van der Waals surface area contributed by atoms with E-state index in [-0.39, 0.29) is 6.10 Å². The lowest BCUT2D eigenvalue weighted by Crippen LogP contribution is -2.59. The van der Waals surface area contributed by atoms with Gasteiger partial charge in [0.1, 0.15) is 24.4 Å². The number of aliphatic hydroxyl groups is 4. The Morgan fingerprint density at radius 2 is 1.90 bits per heavy atom. The molecule has 0 spiro atoms. The third-order valence-electron chi connectivity index (χ3n) is 3.51. The van der Waals surface area contributed by atoms with Crippen molar-refractivity contribution in [1.82, 2.24) is 0 Å². The van der Waals surface area contributed by atoms with Crippen LogP contribution in [0.3, 0.4) is 0 Å². The molecule has 1 rings (SSSR count). The van der Waals surface area contributed by atoms with Gasteiger partial charge < -0.3 is 29.9 Å². The number of ether oxygens (including phenoxy) is 2. The van der Waals surface area contributed by atoms with Crippen molar-refractivity contribution in [2.45, 2.75) is 69.4 Å². The molecule has 0 bridgehead atoms. The molecule has 6 nitrogen and oxygen atoms in total. The molecule has 118 valence electrons. The van der Waals surface area contributed by atoms with Crippen LogP contribution in [0.2, 0.25) is 0 Å². The molecule has 0 aromatic carbocycles. The van der Waals surface area contributed by atoms with E-state index in [0.29, 0.717) is 0 Å². The van der Waals surface area contributed by atoms with Gasteiger partial charge in [-0.05, 0) is 6.42 Å². The van der Waals surface area contributed by atoms with Gasteiger partial charge in [0, 0.05) is 0 Å². The highest BCUT2D eigenvalue weighted by atomic mass is 16.7. The fourth-order valence-corrected chi connectivity index (χ4v) is 2.19. The van der Waals surface area contributed by atoms with Gasteiger partial charge in [-0.15, -0.1) is 6.58 Å². The van der Waals surface area contributed by atoms with Crippen molar-refractivity contribution >= 4 is 0 Å². The van der Waals surface area contributed by atoms with Gasteiger partial charge in [0.2, 0.25) is 0 Å². The summed E-state index contributed by atoms with van der Waals surface area (Å²) in [6, 6.07) is 0. The van der Waals surface area contributed by atoms with Crippen molar-refractivity contribution in [3.05, 3.63) is 12.7 Å². The largest absolute Gasteiger partial charge is 0.394 e. The molecule has 1 saturated heterocycles. The quantitative estimate of drug-likeness (QED) is 0.369. The minimum absolute atomic E-state index is 0.303. The summed E-state index contributed by atoms with van der Waals surface area (Å²) >= 11 is 0. The van der Waals surface area contributed by atoms with E-state index in [1.54, 1.807) is 6.08 Å². The van der Waals surface area contributed by atoms with Gasteiger partial charge in [-0.25, -0.2) is 0 Å². The average Bonchev–Trinajstić information content (AvgIpc) is 2.46. The Morgan fingerprint density at radius 3 is 2.45 bits per heavy atom. The van der Waals surface area contributed by atoms with Crippen molar-refractivity contribution in [1.29, 1.82) is 0 Å². The fourth-order valence-electron chi connectivity index (χ4n) is 2.19. The van der Waals surface area contributed by atoms with E-state index in [1.807, 2.05) is 0 Å². The predicted octanol–water partition coefficient (Wildman–Crippen LogP) is -0.0622. The first-order valence-corrected chi connectivity index (χ1v) is 7.13. The monoisotopic (exact) mass is 290 g/mol. The number of aliphatic hydroxyl groups excluding tert-OH is 4. The van der Waals surface area contributed by atoms with Gasteiger partial charge in [0.15, 0.2) is 6.29 Å². The van der Waals surface area contributed by atoms with Gasteiger partial charge in [0.25, 0.3) is 0 Å². The third-order valence-corrected chi connectivity index (χ3v) is 3.51. The van der Waals surface area contributed by atoms with Gasteiger partial charge in [0.05, 0.1) is 12.7 Å². The lowest BCUT2D eigenvalue weighted by atomic mass is 9.99. The standard InChI is InChI=1S/C14H26O6/c1-3-5-6-7-9(4-2)19-14-13(18)12(17)11(16)10(8-15)20-14/h4,9-18H,2-3,5-8H2,1H3/t9-,10-,11+,12-,13-,14+/m0/s1. The van der Waals surface area contributed by atoms with Crippen molar-refractivity contribution in [3.8, 4) is 0 Å². The number of rotatable bonds is 8. The molecular formula is C14H26O6. The highest BCUT2D eigenvalue weighted by Crippen LogP contribution is 2.24. The molecule has 6 atom stereocenters. The van der Waals surface area contributed by atoms with Crippen LogP contribution in [0.1, 0.15) is 32.6 Å². The Kier molecular flexibility index (Phi) is 7.65. The van der Waals surface area contributed by atoms with Crippen LogP contribution in [0.15, 0.2) is 12.7 Å². The zero-order chi connectivity index (χ0) is 15.1. The Hall–Kier alpha value is -0.500. The second-order valence-electron chi connectivity index (χ2n) is 5.10. The van der Waals surface area contributed by atoms with E-state index in [9.17, 15) is 15.3 Å². The molecule has 4 N–H and O–H groups in total. The topological polar surface area (TPSA) is 99.4 Å². The molecular weight excluding hydrogens is 264 g/mol. The van der Waals surface area contributed by atoms with Crippen molar-refractivity contribution in [2.75, 3.05) is 6.61 Å². The minimum atomic E-state index is -1.41. The molecule has 6 heteroatoms. The molecule has 0 saturated carbocycles. The summed E-state index contributed by atoms with van der Waals surface area (Å²) in [4.78, 5) is 0. The molecule has 0 radical (unpaired) electrons. The highest BCUT2D eigenvalue weighted by molar-refractivity contribution is 4.90. The van der Waals surface area contributed by atoms with Crippen LogP contribution in [-0.4, -0.2) is 63.8 Å². The van der Waals surface area contributed by atoms with Crippen LogP contribution >= 0.6 is 0 Å². The van der Waals surface area contributed by atoms with E-state index < -0.39 is 37.3 Å².